The van der Waals surface area contributed by atoms with E-state index in [1.165, 1.54) is 9.21 Å². The highest BCUT2D eigenvalue weighted by Gasteiger charge is 2.27. The summed E-state index contributed by atoms with van der Waals surface area (Å²) in [4.78, 5) is 17.2. The summed E-state index contributed by atoms with van der Waals surface area (Å²) < 4.78 is 26.6. The zero-order valence-corrected chi connectivity index (χ0v) is 13.1. The lowest BCUT2D eigenvalue weighted by atomic mass is 10.4. The molecule has 0 saturated heterocycles. The molecule has 1 aromatic rings. The number of aromatic nitrogens is 3. The minimum absolute atomic E-state index is 0.330. The van der Waals surface area contributed by atoms with Gasteiger partial charge in [0.15, 0.2) is 0 Å². The van der Waals surface area contributed by atoms with Crippen LogP contribution < -0.4 is 0 Å². The number of carbonyl (C=O) groups excluding carboxylic acids is 1. The second-order valence-corrected chi connectivity index (χ2v) is 6.10. The number of nitrogens with zero attached hydrogens (tertiary/aromatic N) is 5. The van der Waals surface area contributed by atoms with E-state index in [9.17, 15) is 13.2 Å². The average molecular weight is 303 g/mol. The van der Waals surface area contributed by atoms with Gasteiger partial charge in [-0.15, -0.1) is 5.10 Å². The van der Waals surface area contributed by atoms with Crippen molar-refractivity contribution in [1.82, 2.24) is 24.0 Å². The van der Waals surface area contributed by atoms with E-state index in [0.717, 1.165) is 17.4 Å². The van der Waals surface area contributed by atoms with Crippen molar-refractivity contribution in [2.24, 2.45) is 0 Å². The second-order valence-electron chi connectivity index (χ2n) is 4.27. The fourth-order valence-corrected chi connectivity index (χ4v) is 3.03. The fraction of sp³-hybridized carbons (Fsp3) is 0.727. The standard InChI is InChI=1S/C11H21N5O3S/c1-5-8-14(4)11(17)16-9-12-10(13-16)20(18,19)15(6-2)7-3/h9H,5-8H2,1-4H3. The average Bonchev–Trinajstić information content (AvgIpc) is 2.89. The summed E-state index contributed by atoms with van der Waals surface area (Å²) in [6.45, 7) is 6.64. The van der Waals surface area contributed by atoms with E-state index in [1.807, 2.05) is 6.92 Å². The zero-order chi connectivity index (χ0) is 15.3. The van der Waals surface area contributed by atoms with Crippen molar-refractivity contribution in [3.63, 3.8) is 0 Å². The molecule has 1 amide bonds. The number of hydrogen-bond acceptors (Lipinski definition) is 5. The number of amides is 1. The number of carbonyl (C=O) groups is 1. The van der Waals surface area contributed by atoms with E-state index in [1.54, 1.807) is 20.9 Å². The maximum absolute atomic E-state index is 12.2. The van der Waals surface area contributed by atoms with E-state index < -0.39 is 16.1 Å². The normalized spacial score (nSPS) is 11.8. The third-order valence-electron chi connectivity index (χ3n) is 2.83. The summed E-state index contributed by atoms with van der Waals surface area (Å²) >= 11 is 0. The van der Waals surface area contributed by atoms with Gasteiger partial charge in [-0.2, -0.15) is 8.99 Å². The molecule has 0 aliphatic carbocycles. The number of hydrogen-bond donors (Lipinski definition) is 0. The number of sulfonamides is 1. The minimum atomic E-state index is -3.73. The molecule has 1 heterocycles. The molecule has 0 unspecified atom stereocenters. The molecule has 0 atom stereocenters. The van der Waals surface area contributed by atoms with Gasteiger partial charge in [-0.05, 0) is 6.42 Å². The Hall–Kier alpha value is -1.48. The zero-order valence-electron chi connectivity index (χ0n) is 12.3. The largest absolute Gasteiger partial charge is 0.345 e. The van der Waals surface area contributed by atoms with Crippen LogP contribution in [-0.2, 0) is 10.0 Å². The van der Waals surface area contributed by atoms with Crippen molar-refractivity contribution in [1.29, 1.82) is 0 Å². The molecule has 0 spiro atoms. The van der Waals surface area contributed by atoms with Crippen molar-refractivity contribution >= 4 is 16.1 Å². The predicted octanol–water partition coefficient (Wildman–Crippen LogP) is 0.618. The van der Waals surface area contributed by atoms with Gasteiger partial charge < -0.3 is 4.90 Å². The van der Waals surface area contributed by atoms with Crippen molar-refractivity contribution in [2.75, 3.05) is 26.7 Å². The Bertz CT molecular complexity index is 550. The van der Waals surface area contributed by atoms with Crippen LogP contribution in [0.25, 0.3) is 0 Å². The van der Waals surface area contributed by atoms with Gasteiger partial charge in [-0.25, -0.2) is 18.2 Å². The van der Waals surface area contributed by atoms with Crippen LogP contribution in [-0.4, -0.2) is 65.1 Å². The van der Waals surface area contributed by atoms with Gasteiger partial charge in [0, 0.05) is 26.7 Å². The van der Waals surface area contributed by atoms with E-state index in [2.05, 4.69) is 10.1 Å². The van der Waals surface area contributed by atoms with Crippen LogP contribution >= 0.6 is 0 Å². The van der Waals surface area contributed by atoms with Gasteiger partial charge in [0.1, 0.15) is 6.33 Å². The van der Waals surface area contributed by atoms with Crippen LogP contribution in [0.4, 0.5) is 4.79 Å². The topological polar surface area (TPSA) is 88.4 Å². The third kappa shape index (κ3) is 3.34. The first kappa shape index (κ1) is 16.6. The second kappa shape index (κ2) is 6.80. The molecule has 8 nitrogen and oxygen atoms in total. The highest BCUT2D eigenvalue weighted by Crippen LogP contribution is 2.10. The van der Waals surface area contributed by atoms with Crippen LogP contribution in [0.1, 0.15) is 27.2 Å². The van der Waals surface area contributed by atoms with E-state index in [0.29, 0.717) is 19.6 Å². The van der Waals surface area contributed by atoms with Crippen molar-refractivity contribution in [3.05, 3.63) is 6.33 Å². The Morgan fingerprint density at radius 1 is 1.30 bits per heavy atom. The van der Waals surface area contributed by atoms with Crippen LogP contribution in [0.2, 0.25) is 0 Å². The molecule has 20 heavy (non-hydrogen) atoms. The Morgan fingerprint density at radius 2 is 1.90 bits per heavy atom. The van der Waals surface area contributed by atoms with Gasteiger partial charge in [-0.3, -0.25) is 0 Å². The molecule has 0 aliphatic rings. The van der Waals surface area contributed by atoms with Crippen molar-refractivity contribution in [2.45, 2.75) is 32.3 Å². The molecular formula is C11H21N5O3S. The minimum Gasteiger partial charge on any atom is -0.326 e. The Morgan fingerprint density at radius 3 is 2.40 bits per heavy atom. The molecular weight excluding hydrogens is 282 g/mol. The molecule has 0 bridgehead atoms. The summed E-state index contributed by atoms with van der Waals surface area (Å²) in [6, 6.07) is -0.402. The lowest BCUT2D eigenvalue weighted by Gasteiger charge is -2.16. The first-order valence-electron chi connectivity index (χ1n) is 6.55. The SMILES string of the molecule is CCCN(C)C(=O)n1cnc(S(=O)(=O)N(CC)CC)n1. The predicted molar refractivity (Wildman–Crippen MR) is 73.8 cm³/mol. The van der Waals surface area contributed by atoms with Gasteiger partial charge >= 0.3 is 6.03 Å². The monoisotopic (exact) mass is 303 g/mol. The highest BCUT2D eigenvalue weighted by molar-refractivity contribution is 7.88. The van der Waals surface area contributed by atoms with Crippen LogP contribution in [0.5, 0.6) is 0 Å². The van der Waals surface area contributed by atoms with Crippen LogP contribution in [0, 0.1) is 0 Å². The molecule has 1 rings (SSSR count). The Balaban J connectivity index is 3.00. The van der Waals surface area contributed by atoms with Crippen LogP contribution in [0.3, 0.4) is 0 Å². The first-order chi connectivity index (χ1) is 9.38. The molecule has 0 N–H and O–H groups in total. The van der Waals surface area contributed by atoms with Gasteiger partial charge in [-0.1, -0.05) is 20.8 Å². The summed E-state index contributed by atoms with van der Waals surface area (Å²) in [5.41, 5.74) is 0. The summed E-state index contributed by atoms with van der Waals surface area (Å²) in [5, 5.41) is 3.44. The molecule has 0 fully saturated rings. The summed E-state index contributed by atoms with van der Waals surface area (Å²) in [5.74, 6) is 0. The molecule has 1 aromatic heterocycles. The maximum Gasteiger partial charge on any atom is 0.345 e. The molecule has 0 aliphatic heterocycles. The van der Waals surface area contributed by atoms with Gasteiger partial charge in [0.25, 0.3) is 15.2 Å². The molecule has 0 saturated carbocycles. The highest BCUT2D eigenvalue weighted by atomic mass is 32.2. The quantitative estimate of drug-likeness (QED) is 0.768. The summed E-state index contributed by atoms with van der Waals surface area (Å²) in [7, 11) is -2.10. The smallest absolute Gasteiger partial charge is 0.326 e. The lowest BCUT2D eigenvalue weighted by Crippen LogP contribution is -2.33. The Kier molecular flexibility index (Phi) is 5.63. The summed E-state index contributed by atoms with van der Waals surface area (Å²) in [6.07, 6.45) is 1.94. The molecule has 0 radical (unpaired) electrons. The van der Waals surface area contributed by atoms with E-state index >= 15 is 0 Å². The third-order valence-corrected chi connectivity index (χ3v) is 4.67. The van der Waals surface area contributed by atoms with Gasteiger partial charge in [0.05, 0.1) is 0 Å². The van der Waals surface area contributed by atoms with Crippen molar-refractivity contribution < 1.29 is 13.2 Å². The van der Waals surface area contributed by atoms with Crippen molar-refractivity contribution in [3.8, 4) is 0 Å². The fourth-order valence-electron chi connectivity index (χ4n) is 1.74. The lowest BCUT2D eigenvalue weighted by molar-refractivity contribution is 0.207. The van der Waals surface area contributed by atoms with E-state index in [-0.39, 0.29) is 5.16 Å². The molecule has 114 valence electrons. The Labute approximate surface area is 119 Å². The first-order valence-corrected chi connectivity index (χ1v) is 7.99. The van der Waals surface area contributed by atoms with Gasteiger partial charge in [0.2, 0.25) is 0 Å². The molecule has 0 aromatic carbocycles. The van der Waals surface area contributed by atoms with Crippen LogP contribution in [0.15, 0.2) is 11.5 Å². The maximum atomic E-state index is 12.2. The molecule has 9 heteroatoms. The number of rotatable bonds is 6. The van der Waals surface area contributed by atoms with E-state index in [4.69, 9.17) is 0 Å².